The van der Waals surface area contributed by atoms with Gasteiger partial charge in [-0.2, -0.15) is 0 Å². The standard InChI is InChI=1S/C17H32N2O4/c1-12(2)10-14(15(20)21)18-11-13-8-6-7-9-19(13)16(22)23-17(3,4)5/h12-14,18H,6-11H2,1-5H3,(H,20,21). The maximum atomic E-state index is 12.3. The van der Waals surface area contributed by atoms with Crippen LogP contribution in [0.4, 0.5) is 4.79 Å². The van der Waals surface area contributed by atoms with E-state index in [0.29, 0.717) is 25.4 Å². The van der Waals surface area contributed by atoms with E-state index in [0.717, 1.165) is 19.3 Å². The van der Waals surface area contributed by atoms with Crippen LogP contribution in [0, 0.1) is 5.92 Å². The first-order valence-corrected chi connectivity index (χ1v) is 8.56. The van der Waals surface area contributed by atoms with Gasteiger partial charge in [-0.15, -0.1) is 0 Å². The van der Waals surface area contributed by atoms with Crippen LogP contribution in [-0.2, 0) is 9.53 Å². The zero-order valence-electron chi connectivity index (χ0n) is 15.1. The molecule has 0 radical (unpaired) electrons. The summed E-state index contributed by atoms with van der Waals surface area (Å²) in [7, 11) is 0. The van der Waals surface area contributed by atoms with Crippen molar-refractivity contribution in [2.45, 2.75) is 78.0 Å². The average molecular weight is 328 g/mol. The molecule has 0 aromatic carbocycles. The highest BCUT2D eigenvalue weighted by molar-refractivity contribution is 5.73. The van der Waals surface area contributed by atoms with Crippen molar-refractivity contribution in [2.75, 3.05) is 13.1 Å². The lowest BCUT2D eigenvalue weighted by Gasteiger charge is -2.37. The van der Waals surface area contributed by atoms with E-state index in [1.807, 2.05) is 34.6 Å². The van der Waals surface area contributed by atoms with Gasteiger partial charge in [-0.05, 0) is 52.4 Å². The van der Waals surface area contributed by atoms with Gasteiger partial charge < -0.3 is 20.1 Å². The fourth-order valence-electron chi connectivity index (χ4n) is 2.79. The zero-order chi connectivity index (χ0) is 17.6. The van der Waals surface area contributed by atoms with Crippen molar-refractivity contribution in [2.24, 2.45) is 5.92 Å². The van der Waals surface area contributed by atoms with E-state index >= 15 is 0 Å². The van der Waals surface area contributed by atoms with E-state index in [-0.39, 0.29) is 12.1 Å². The molecule has 23 heavy (non-hydrogen) atoms. The number of hydrogen-bond acceptors (Lipinski definition) is 4. The first kappa shape index (κ1) is 19.7. The minimum absolute atomic E-state index is 0.00684. The van der Waals surface area contributed by atoms with E-state index in [4.69, 9.17) is 4.74 Å². The predicted octanol–water partition coefficient (Wildman–Crippen LogP) is 2.86. The maximum Gasteiger partial charge on any atom is 0.410 e. The van der Waals surface area contributed by atoms with Gasteiger partial charge in [0.1, 0.15) is 11.6 Å². The molecule has 0 saturated carbocycles. The van der Waals surface area contributed by atoms with Crippen LogP contribution in [0.25, 0.3) is 0 Å². The lowest BCUT2D eigenvalue weighted by atomic mass is 10.0. The Morgan fingerprint density at radius 3 is 2.48 bits per heavy atom. The van der Waals surface area contributed by atoms with Gasteiger partial charge >= 0.3 is 12.1 Å². The van der Waals surface area contributed by atoms with Crippen LogP contribution >= 0.6 is 0 Å². The van der Waals surface area contributed by atoms with Gasteiger partial charge in [0.2, 0.25) is 0 Å². The van der Waals surface area contributed by atoms with Crippen molar-refractivity contribution in [3.05, 3.63) is 0 Å². The second-order valence-electron chi connectivity index (χ2n) is 7.75. The molecular weight excluding hydrogens is 296 g/mol. The number of piperidine rings is 1. The number of nitrogens with zero attached hydrogens (tertiary/aromatic N) is 1. The Morgan fingerprint density at radius 2 is 1.96 bits per heavy atom. The summed E-state index contributed by atoms with van der Waals surface area (Å²) in [5, 5.41) is 12.4. The van der Waals surface area contributed by atoms with E-state index in [9.17, 15) is 14.7 Å². The summed E-state index contributed by atoms with van der Waals surface area (Å²) < 4.78 is 5.47. The molecule has 1 heterocycles. The summed E-state index contributed by atoms with van der Waals surface area (Å²) in [6.45, 7) is 10.7. The van der Waals surface area contributed by atoms with Crippen LogP contribution < -0.4 is 5.32 Å². The van der Waals surface area contributed by atoms with Gasteiger partial charge in [-0.1, -0.05) is 13.8 Å². The first-order chi connectivity index (χ1) is 10.6. The van der Waals surface area contributed by atoms with Gasteiger partial charge in [-0.25, -0.2) is 4.79 Å². The molecule has 2 atom stereocenters. The van der Waals surface area contributed by atoms with Crippen molar-refractivity contribution in [3.8, 4) is 0 Å². The molecule has 6 nitrogen and oxygen atoms in total. The number of aliphatic carboxylic acids is 1. The third-order valence-corrected chi connectivity index (χ3v) is 3.86. The number of nitrogens with one attached hydrogen (secondary N) is 1. The third-order valence-electron chi connectivity index (χ3n) is 3.86. The van der Waals surface area contributed by atoms with Crippen LogP contribution in [0.2, 0.25) is 0 Å². The van der Waals surface area contributed by atoms with Crippen molar-refractivity contribution in [1.29, 1.82) is 0 Å². The molecule has 2 unspecified atom stereocenters. The zero-order valence-corrected chi connectivity index (χ0v) is 15.1. The Hall–Kier alpha value is -1.30. The lowest BCUT2D eigenvalue weighted by molar-refractivity contribution is -0.140. The number of carboxylic acid groups (broad SMARTS) is 1. The Morgan fingerprint density at radius 1 is 1.30 bits per heavy atom. The van der Waals surface area contributed by atoms with Crippen molar-refractivity contribution in [3.63, 3.8) is 0 Å². The number of carbonyl (C=O) groups is 2. The molecule has 0 aromatic rings. The van der Waals surface area contributed by atoms with Crippen LogP contribution in [-0.4, -0.2) is 52.8 Å². The smallest absolute Gasteiger partial charge is 0.410 e. The average Bonchev–Trinajstić information content (AvgIpc) is 2.41. The molecule has 1 amide bonds. The second kappa shape index (κ2) is 8.52. The van der Waals surface area contributed by atoms with Gasteiger partial charge in [0.05, 0.1) is 0 Å². The van der Waals surface area contributed by atoms with Crippen molar-refractivity contribution in [1.82, 2.24) is 10.2 Å². The summed E-state index contributed by atoms with van der Waals surface area (Å²) in [4.78, 5) is 25.4. The molecule has 1 rings (SSSR count). The summed E-state index contributed by atoms with van der Waals surface area (Å²) in [6.07, 6.45) is 3.16. The quantitative estimate of drug-likeness (QED) is 0.784. The first-order valence-electron chi connectivity index (χ1n) is 8.56. The van der Waals surface area contributed by atoms with Crippen molar-refractivity contribution < 1.29 is 19.4 Å². The largest absolute Gasteiger partial charge is 0.480 e. The third kappa shape index (κ3) is 7.20. The highest BCUT2D eigenvalue weighted by atomic mass is 16.6. The molecule has 1 fully saturated rings. The van der Waals surface area contributed by atoms with Crippen LogP contribution in [0.3, 0.4) is 0 Å². The summed E-state index contributed by atoms with van der Waals surface area (Å²) in [6, 6.07) is -0.579. The number of amides is 1. The van der Waals surface area contributed by atoms with Gasteiger partial charge in [0.25, 0.3) is 0 Å². The molecule has 0 spiro atoms. The lowest BCUT2D eigenvalue weighted by Crippen LogP contribution is -2.52. The summed E-state index contributed by atoms with van der Waals surface area (Å²) >= 11 is 0. The Bertz CT molecular complexity index is 404. The highest BCUT2D eigenvalue weighted by Crippen LogP contribution is 2.20. The second-order valence-corrected chi connectivity index (χ2v) is 7.75. The fraction of sp³-hybridized carbons (Fsp3) is 0.882. The van der Waals surface area contributed by atoms with E-state index in [1.165, 1.54) is 0 Å². The molecule has 1 aliphatic rings. The van der Waals surface area contributed by atoms with E-state index in [1.54, 1.807) is 4.90 Å². The van der Waals surface area contributed by atoms with Gasteiger partial charge in [-0.3, -0.25) is 4.79 Å². The van der Waals surface area contributed by atoms with Crippen molar-refractivity contribution >= 4 is 12.1 Å². The molecule has 0 aromatic heterocycles. The number of likely N-dealkylation sites (tertiary alicyclic amines) is 1. The molecular formula is C17H32N2O4. The number of ether oxygens (including phenoxy) is 1. The summed E-state index contributed by atoms with van der Waals surface area (Å²) in [5.41, 5.74) is -0.520. The normalized spacial score (nSPS) is 20.4. The molecule has 6 heteroatoms. The molecule has 134 valence electrons. The molecule has 0 bridgehead atoms. The Labute approximate surface area is 139 Å². The van der Waals surface area contributed by atoms with Gasteiger partial charge in [0, 0.05) is 19.1 Å². The minimum Gasteiger partial charge on any atom is -0.480 e. The van der Waals surface area contributed by atoms with E-state index in [2.05, 4.69) is 5.32 Å². The minimum atomic E-state index is -0.835. The topological polar surface area (TPSA) is 78.9 Å². The van der Waals surface area contributed by atoms with Gasteiger partial charge in [0.15, 0.2) is 0 Å². The molecule has 2 N–H and O–H groups in total. The van der Waals surface area contributed by atoms with E-state index < -0.39 is 17.6 Å². The highest BCUT2D eigenvalue weighted by Gasteiger charge is 2.31. The number of carboxylic acids is 1. The number of carbonyl (C=O) groups excluding carboxylic acids is 1. The Kier molecular flexibility index (Phi) is 7.32. The molecule has 1 saturated heterocycles. The Balaban J connectivity index is 2.63. The SMILES string of the molecule is CC(C)CC(NCC1CCCCN1C(=O)OC(C)(C)C)C(=O)O. The summed E-state index contributed by atoms with van der Waals surface area (Å²) in [5.74, 6) is -0.532. The molecule has 1 aliphatic heterocycles. The number of hydrogen-bond donors (Lipinski definition) is 2. The predicted molar refractivity (Wildman–Crippen MR) is 89.5 cm³/mol. The van der Waals surface area contributed by atoms with Crippen LogP contribution in [0.5, 0.6) is 0 Å². The fourth-order valence-corrected chi connectivity index (χ4v) is 2.79. The number of rotatable bonds is 6. The van der Waals surface area contributed by atoms with Crippen LogP contribution in [0.15, 0.2) is 0 Å². The maximum absolute atomic E-state index is 12.3. The molecule has 0 aliphatic carbocycles. The van der Waals surface area contributed by atoms with Crippen LogP contribution in [0.1, 0.15) is 60.3 Å². The monoisotopic (exact) mass is 328 g/mol.